The van der Waals surface area contributed by atoms with Crippen LogP contribution in [0.4, 0.5) is 15.3 Å². The third kappa shape index (κ3) is 27.8. The van der Waals surface area contributed by atoms with Gasteiger partial charge in [-0.2, -0.15) is 0 Å². The number of amides is 8. The highest BCUT2D eigenvalue weighted by Crippen LogP contribution is 2.13. The molecule has 23 nitrogen and oxygen atoms in total. The minimum atomic E-state index is -1.31. The van der Waals surface area contributed by atoms with Crippen molar-refractivity contribution in [2.24, 2.45) is 11.7 Å². The lowest BCUT2D eigenvalue weighted by atomic mass is 10.0. The van der Waals surface area contributed by atoms with E-state index in [1.807, 2.05) is 0 Å². The Hall–Kier alpha value is -5.62. The first-order valence-electron chi connectivity index (χ1n) is 20.7. The zero-order chi connectivity index (χ0) is 46.8. The topological polar surface area (TPSA) is 322 Å². The van der Waals surface area contributed by atoms with Gasteiger partial charge in [0.2, 0.25) is 29.5 Å². The van der Waals surface area contributed by atoms with Crippen LogP contribution >= 0.6 is 0 Å². The van der Waals surface area contributed by atoms with Gasteiger partial charge in [0.15, 0.2) is 0 Å². The summed E-state index contributed by atoms with van der Waals surface area (Å²) in [7, 11) is 1.43. The van der Waals surface area contributed by atoms with Crippen molar-refractivity contribution in [3.05, 3.63) is 29.8 Å². The number of carboxylic acids is 1. The molecule has 8 amide bonds. The second-order valence-corrected chi connectivity index (χ2v) is 14.1. The molecule has 0 radical (unpaired) electrons. The molecule has 0 aliphatic rings. The molecule has 0 aliphatic heterocycles. The van der Waals surface area contributed by atoms with Crippen LogP contribution in [0.15, 0.2) is 24.3 Å². The molecular weight excluding hydrogens is 832 g/mol. The number of rotatable bonds is 35. The number of hydrogen-bond donors (Lipinski definition) is 9. The lowest BCUT2D eigenvalue weighted by Gasteiger charge is -2.27. The SMILES string of the molecule is CCNC(=O)OCc1ccc(NC(=O)[C@H](CCCNC(N)=O)NC(=O)[C@@H](NC(=O)[C@H](CCC(=O)O)NC(=O)CCOCCOCCOCCOCCNC(=O)COC)C(C)C)cc1. The van der Waals surface area contributed by atoms with Gasteiger partial charge in [0.25, 0.3) is 0 Å². The Labute approximate surface area is 367 Å². The number of nitrogens with two attached hydrogens (primary N) is 1. The standard InChI is InChI=1S/C40H66N8O15/c1-5-42-40(57)63-25-28-8-10-29(11-9-28)45-36(53)30(7-6-15-44-39(41)56)47-38(55)35(27(2)3)48-37(54)31(12-13-34(51)52)46-32(49)14-17-59-19-21-61-23-24-62-22-20-60-18-16-43-33(50)26-58-4/h8-11,27,30-31,35H,5-7,12-26H2,1-4H3,(H,42,57)(H,43,50)(H,45,53)(H,46,49)(H,47,55)(H,48,54)(H,51,52)(H3,41,44,56)/t30-,31-,35-/m0/s1. The molecule has 0 saturated carbocycles. The summed E-state index contributed by atoms with van der Waals surface area (Å²) in [6, 6.07) is 2.03. The Morgan fingerprint density at radius 2 is 1.27 bits per heavy atom. The summed E-state index contributed by atoms with van der Waals surface area (Å²) >= 11 is 0. The van der Waals surface area contributed by atoms with Gasteiger partial charge in [-0.3, -0.25) is 28.8 Å². The van der Waals surface area contributed by atoms with Gasteiger partial charge in [0.05, 0.1) is 52.9 Å². The smallest absolute Gasteiger partial charge is 0.407 e. The maximum Gasteiger partial charge on any atom is 0.407 e. The van der Waals surface area contributed by atoms with Gasteiger partial charge < -0.3 is 76.5 Å². The molecule has 0 heterocycles. The summed E-state index contributed by atoms with van der Waals surface area (Å²) < 4.78 is 31.4. The number of anilines is 1. The molecule has 63 heavy (non-hydrogen) atoms. The zero-order valence-electron chi connectivity index (χ0n) is 36.6. The molecule has 1 aromatic carbocycles. The largest absolute Gasteiger partial charge is 0.481 e. The number of ether oxygens (including phenoxy) is 6. The number of carboxylic acid groups (broad SMARTS) is 1. The number of carbonyl (C=O) groups is 8. The summed E-state index contributed by atoms with van der Waals surface area (Å²) in [5.41, 5.74) is 6.19. The molecule has 0 bridgehead atoms. The third-order valence-corrected chi connectivity index (χ3v) is 8.49. The van der Waals surface area contributed by atoms with Crippen LogP contribution in [0, 0.1) is 5.92 Å². The van der Waals surface area contributed by atoms with Crippen LogP contribution < -0.4 is 43.0 Å². The molecule has 0 spiro atoms. The number of hydrogen-bond acceptors (Lipinski definition) is 14. The average Bonchev–Trinajstić information content (AvgIpc) is 3.23. The van der Waals surface area contributed by atoms with Gasteiger partial charge in [-0.25, -0.2) is 9.59 Å². The second kappa shape index (κ2) is 33.9. The second-order valence-electron chi connectivity index (χ2n) is 14.1. The quantitative estimate of drug-likeness (QED) is 0.0389. The summed E-state index contributed by atoms with van der Waals surface area (Å²) in [5, 5.41) is 27.4. The first-order valence-corrected chi connectivity index (χ1v) is 20.7. The number of alkyl carbamates (subject to hydrolysis) is 1. The van der Waals surface area contributed by atoms with E-state index in [2.05, 4.69) is 37.2 Å². The number of aliphatic carboxylic acids is 1. The van der Waals surface area contributed by atoms with Gasteiger partial charge in [-0.05, 0) is 49.8 Å². The predicted molar refractivity (Wildman–Crippen MR) is 226 cm³/mol. The molecule has 23 heteroatoms. The summed E-state index contributed by atoms with van der Waals surface area (Å²) in [6.07, 6.45) is -1.16. The van der Waals surface area contributed by atoms with Crippen LogP contribution in [0.5, 0.6) is 0 Å². The number of urea groups is 1. The van der Waals surface area contributed by atoms with Crippen molar-refractivity contribution >= 4 is 53.3 Å². The maximum atomic E-state index is 13.7. The monoisotopic (exact) mass is 898 g/mol. The number of carbonyl (C=O) groups excluding carboxylic acids is 7. The highest BCUT2D eigenvalue weighted by atomic mass is 16.6. The van der Waals surface area contributed by atoms with Crippen molar-refractivity contribution < 1.29 is 71.9 Å². The van der Waals surface area contributed by atoms with E-state index in [4.69, 9.17) is 34.2 Å². The van der Waals surface area contributed by atoms with Crippen molar-refractivity contribution in [3.63, 3.8) is 0 Å². The first kappa shape index (κ1) is 55.4. The van der Waals surface area contributed by atoms with E-state index in [1.165, 1.54) is 7.11 Å². The molecule has 0 aromatic heterocycles. The Morgan fingerprint density at radius 3 is 1.84 bits per heavy atom. The van der Waals surface area contributed by atoms with Crippen molar-refractivity contribution in [2.75, 3.05) is 91.5 Å². The average molecular weight is 899 g/mol. The van der Waals surface area contributed by atoms with Crippen LogP contribution in [0.3, 0.4) is 0 Å². The number of methoxy groups -OCH3 is 1. The predicted octanol–water partition coefficient (Wildman–Crippen LogP) is -0.486. The minimum Gasteiger partial charge on any atom is -0.481 e. The molecule has 0 unspecified atom stereocenters. The lowest BCUT2D eigenvalue weighted by molar-refractivity contribution is -0.138. The lowest BCUT2D eigenvalue weighted by Crippen LogP contribution is -2.58. The highest BCUT2D eigenvalue weighted by molar-refractivity contribution is 5.99. The third-order valence-electron chi connectivity index (χ3n) is 8.49. The van der Waals surface area contributed by atoms with E-state index in [1.54, 1.807) is 45.0 Å². The molecule has 0 fully saturated rings. The van der Waals surface area contributed by atoms with Gasteiger partial charge >= 0.3 is 18.1 Å². The zero-order valence-corrected chi connectivity index (χ0v) is 36.6. The normalized spacial score (nSPS) is 12.3. The van der Waals surface area contributed by atoms with E-state index in [-0.39, 0.29) is 71.2 Å². The Morgan fingerprint density at radius 1 is 0.667 bits per heavy atom. The van der Waals surface area contributed by atoms with Crippen LogP contribution in [0.1, 0.15) is 58.4 Å². The summed E-state index contributed by atoms with van der Waals surface area (Å²) in [5.74, 6) is -4.68. The van der Waals surface area contributed by atoms with E-state index in [0.29, 0.717) is 57.4 Å². The first-order chi connectivity index (χ1) is 30.2. The fourth-order valence-electron chi connectivity index (χ4n) is 5.27. The van der Waals surface area contributed by atoms with Gasteiger partial charge in [-0.15, -0.1) is 0 Å². The maximum absolute atomic E-state index is 13.7. The van der Waals surface area contributed by atoms with Crippen molar-refractivity contribution in [2.45, 2.75) is 77.6 Å². The molecular formula is C40H66N8O15. The van der Waals surface area contributed by atoms with Gasteiger partial charge in [0.1, 0.15) is 31.3 Å². The van der Waals surface area contributed by atoms with E-state index < -0.39 is 72.2 Å². The van der Waals surface area contributed by atoms with Crippen LogP contribution in [0.2, 0.25) is 0 Å². The number of benzene rings is 1. The Bertz CT molecular complexity index is 1550. The fourth-order valence-corrected chi connectivity index (χ4v) is 5.27. The number of primary amides is 1. The van der Waals surface area contributed by atoms with Crippen LogP contribution in [-0.4, -0.2) is 157 Å². The molecule has 3 atom stereocenters. The van der Waals surface area contributed by atoms with Gasteiger partial charge in [-0.1, -0.05) is 26.0 Å². The summed E-state index contributed by atoms with van der Waals surface area (Å²) in [4.78, 5) is 98.9. The van der Waals surface area contributed by atoms with Crippen molar-refractivity contribution in [3.8, 4) is 0 Å². The fraction of sp³-hybridized carbons (Fsp3) is 0.650. The molecule has 0 saturated heterocycles. The van der Waals surface area contributed by atoms with E-state index in [9.17, 15) is 43.5 Å². The summed E-state index contributed by atoms with van der Waals surface area (Å²) in [6.45, 7) is 7.94. The number of nitrogens with one attached hydrogen (secondary N) is 7. The Kier molecular flexibility index (Phi) is 29.8. The van der Waals surface area contributed by atoms with Crippen molar-refractivity contribution in [1.82, 2.24) is 31.9 Å². The highest BCUT2D eigenvalue weighted by Gasteiger charge is 2.31. The molecule has 0 aliphatic carbocycles. The van der Waals surface area contributed by atoms with Crippen LogP contribution in [-0.2, 0) is 63.8 Å². The van der Waals surface area contributed by atoms with E-state index >= 15 is 0 Å². The van der Waals surface area contributed by atoms with Crippen molar-refractivity contribution in [1.29, 1.82) is 0 Å². The molecule has 1 rings (SSSR count). The molecule has 356 valence electrons. The van der Waals surface area contributed by atoms with Crippen LogP contribution in [0.25, 0.3) is 0 Å². The van der Waals surface area contributed by atoms with E-state index in [0.717, 1.165) is 0 Å². The molecule has 10 N–H and O–H groups in total. The Balaban J connectivity index is 2.69. The molecule has 1 aromatic rings. The van der Waals surface area contributed by atoms with Gasteiger partial charge in [0, 0.05) is 45.3 Å². The minimum absolute atomic E-state index is 0.00124.